The fraction of sp³-hybridized carbons (Fsp3) is 0.125. The van der Waals surface area contributed by atoms with Gasteiger partial charge in [0.25, 0.3) is 0 Å². The molecule has 55 heavy (non-hydrogen) atoms. The van der Waals surface area contributed by atoms with Gasteiger partial charge in [-0.05, 0) is 23.1 Å². The second-order valence-electron chi connectivity index (χ2n) is 15.3. The number of aromatic nitrogens is 5. The van der Waals surface area contributed by atoms with Gasteiger partial charge in [0.05, 0.1) is 16.6 Å². The summed E-state index contributed by atoms with van der Waals surface area (Å²) in [4.78, 5) is 4.96. The molecule has 7 heteroatoms. The molecule has 0 aliphatic rings. The van der Waals surface area contributed by atoms with E-state index < -0.39 is 6.85 Å². The average Bonchev–Trinajstić information content (AvgIpc) is 3.90. The first-order chi connectivity index (χ1) is 27.9. The summed E-state index contributed by atoms with van der Waals surface area (Å²) >= 11 is 2.29. The Kier molecular flexibility index (Phi) is 6.16. The van der Waals surface area contributed by atoms with E-state index in [2.05, 4.69) is 143 Å². The van der Waals surface area contributed by atoms with Gasteiger partial charge in [-0.3, -0.25) is 0 Å². The van der Waals surface area contributed by atoms with Crippen LogP contribution in [0.1, 0.15) is 36.0 Å². The SMILES string of the molecule is [2H]C([2H])([2H])c1ccc(-n2[c](=[Pt])n(C)c3ccccc32)[c-]c1Oc1[c-]c2c(cc1)c1cc3c4cccc5c6ccccc6n(c3cc1n2-c1cc(C(C)(C)C)ccn1)c54. The summed E-state index contributed by atoms with van der Waals surface area (Å²) < 4.78 is 41.6. The van der Waals surface area contributed by atoms with Crippen molar-refractivity contribution >= 4 is 70.9 Å². The summed E-state index contributed by atoms with van der Waals surface area (Å²) in [6.07, 6.45) is 1.87. The van der Waals surface area contributed by atoms with Crippen LogP contribution < -0.4 is 4.74 Å². The van der Waals surface area contributed by atoms with Crippen LogP contribution in [-0.4, -0.2) is 23.1 Å². The van der Waals surface area contributed by atoms with E-state index in [1.54, 1.807) is 12.1 Å². The molecular formula is C48H35N5OPt-2. The van der Waals surface area contributed by atoms with Crippen LogP contribution in [0.5, 0.6) is 11.5 Å². The Labute approximate surface area is 332 Å². The van der Waals surface area contributed by atoms with E-state index in [1.165, 1.54) is 32.6 Å². The Bertz CT molecular complexity index is 3560. The minimum Gasteiger partial charge on any atom is -0.0561 e. The van der Waals surface area contributed by atoms with Crippen molar-refractivity contribution in [1.82, 2.24) is 23.1 Å². The fourth-order valence-electron chi connectivity index (χ4n) is 8.42. The standard InChI is InChI=1S/C48H35N5O.Pt/c1-29-17-18-31(51-28-50(5)40-15-8-9-16-41(40)51)24-45(29)54-32-19-20-34-37-26-38-36-13-10-12-35-33-11-6-7-14-39(33)53(47(35)36)44(38)27-43(37)52(42(34)25-32)46-23-30(21-22-49-46)48(2,3)4;/h6-23,26-27H,1-5H3;/q-2;/i1D3;. The van der Waals surface area contributed by atoms with Crippen LogP contribution in [0.2, 0.25) is 0 Å². The zero-order valence-electron chi connectivity index (χ0n) is 33.5. The first-order valence-electron chi connectivity index (χ1n) is 19.8. The summed E-state index contributed by atoms with van der Waals surface area (Å²) in [5.41, 5.74) is 9.06. The predicted molar refractivity (Wildman–Crippen MR) is 220 cm³/mol. The van der Waals surface area contributed by atoms with E-state index in [0.29, 0.717) is 11.4 Å². The molecule has 6 aromatic carbocycles. The molecule has 11 aromatic rings. The van der Waals surface area contributed by atoms with E-state index in [4.69, 9.17) is 13.8 Å². The number of hydrogen-bond acceptors (Lipinski definition) is 2. The zero-order valence-corrected chi connectivity index (χ0v) is 32.8. The van der Waals surface area contributed by atoms with Crippen molar-refractivity contribution in [2.24, 2.45) is 7.05 Å². The van der Waals surface area contributed by atoms with Crippen molar-refractivity contribution in [3.63, 3.8) is 0 Å². The van der Waals surface area contributed by atoms with Crippen molar-refractivity contribution < 1.29 is 28.2 Å². The molecule has 0 N–H and O–H groups in total. The third-order valence-corrected chi connectivity index (χ3v) is 12.4. The molecule has 0 atom stereocenters. The monoisotopic (exact) mass is 895 g/mol. The Balaban J connectivity index is 1.16. The molecule has 5 aromatic heterocycles. The minimum atomic E-state index is -2.44. The number of aryl methyl sites for hydroxylation is 2. The molecule has 0 spiro atoms. The molecule has 0 saturated heterocycles. The Hall–Kier alpha value is -5.97. The maximum atomic E-state index is 8.45. The molecule has 0 aliphatic heterocycles. The van der Waals surface area contributed by atoms with Crippen molar-refractivity contribution in [2.45, 2.75) is 33.0 Å². The summed E-state index contributed by atoms with van der Waals surface area (Å²) in [5.74, 6) is 1.26. The molecule has 6 nitrogen and oxygen atoms in total. The van der Waals surface area contributed by atoms with E-state index in [0.717, 1.165) is 53.5 Å². The van der Waals surface area contributed by atoms with Crippen LogP contribution in [-0.2, 0) is 31.8 Å². The smallest absolute Gasteiger partial charge is 0.0561 e. The quantitative estimate of drug-likeness (QED) is 0.165. The molecule has 0 radical (unpaired) electrons. The topological polar surface area (TPSA) is 41.3 Å². The Morgan fingerprint density at radius 2 is 1.42 bits per heavy atom. The fourth-order valence-corrected chi connectivity index (χ4v) is 9.25. The van der Waals surface area contributed by atoms with Gasteiger partial charge in [0.15, 0.2) is 0 Å². The second-order valence-corrected chi connectivity index (χ2v) is 16.3. The van der Waals surface area contributed by atoms with E-state index in [1.807, 2.05) is 43.6 Å². The van der Waals surface area contributed by atoms with Crippen molar-refractivity contribution in [2.75, 3.05) is 0 Å². The number of benzene rings is 6. The van der Waals surface area contributed by atoms with Gasteiger partial charge in [-0.15, -0.1) is 0 Å². The number of pyridine rings is 1. The molecule has 0 fully saturated rings. The normalized spacial score (nSPS) is 13.6. The molecule has 0 aliphatic carbocycles. The minimum absolute atomic E-state index is 0.0706. The molecular weight excluding hydrogens is 858 g/mol. The molecule has 0 saturated carbocycles. The van der Waals surface area contributed by atoms with Crippen molar-refractivity contribution in [3.8, 4) is 23.0 Å². The van der Waals surface area contributed by atoms with Crippen molar-refractivity contribution in [1.29, 1.82) is 0 Å². The molecule has 11 rings (SSSR count). The van der Waals surface area contributed by atoms with Gasteiger partial charge in [0, 0.05) is 27.7 Å². The maximum absolute atomic E-state index is 8.45. The van der Waals surface area contributed by atoms with E-state index >= 15 is 0 Å². The Morgan fingerprint density at radius 3 is 2.24 bits per heavy atom. The molecule has 270 valence electrons. The second kappa shape index (κ2) is 11.5. The number of fused-ring (bicyclic) bond motifs is 10. The van der Waals surface area contributed by atoms with Crippen LogP contribution in [0.25, 0.3) is 82.4 Å². The third kappa shape index (κ3) is 4.64. The van der Waals surface area contributed by atoms with Crippen LogP contribution >= 0.6 is 0 Å². The van der Waals surface area contributed by atoms with Gasteiger partial charge in [0.2, 0.25) is 0 Å². The van der Waals surface area contributed by atoms with Crippen LogP contribution in [0.4, 0.5) is 0 Å². The molecule has 0 unspecified atom stereocenters. The van der Waals surface area contributed by atoms with Gasteiger partial charge < -0.3 is 4.40 Å². The third-order valence-electron chi connectivity index (χ3n) is 11.1. The molecule has 0 bridgehead atoms. The number of imidazole rings is 1. The Morgan fingerprint density at radius 1 is 0.673 bits per heavy atom. The number of ether oxygens (including phenoxy) is 1. The summed E-state index contributed by atoms with van der Waals surface area (Å²) in [6.45, 7) is 4.16. The predicted octanol–water partition coefficient (Wildman–Crippen LogP) is 11.7. The summed E-state index contributed by atoms with van der Waals surface area (Å²) in [7, 11) is 2.01. The number of rotatable bonds is 4. The zero-order chi connectivity index (χ0) is 39.8. The van der Waals surface area contributed by atoms with Gasteiger partial charge in [0.1, 0.15) is 0 Å². The van der Waals surface area contributed by atoms with Crippen molar-refractivity contribution in [3.05, 3.63) is 149 Å². The summed E-state index contributed by atoms with van der Waals surface area (Å²) in [5, 5.41) is 6.88. The number of para-hydroxylation sites is 4. The van der Waals surface area contributed by atoms with E-state index in [-0.39, 0.29) is 16.7 Å². The number of nitrogens with zero attached hydrogens (tertiary/aromatic N) is 5. The van der Waals surface area contributed by atoms with Gasteiger partial charge >= 0.3 is 205 Å². The average molecular weight is 896 g/mol. The van der Waals surface area contributed by atoms with Gasteiger partial charge in [-0.25, -0.2) is 0 Å². The van der Waals surface area contributed by atoms with Crippen LogP contribution in [0.3, 0.4) is 0 Å². The van der Waals surface area contributed by atoms with Crippen LogP contribution in [0, 0.1) is 22.8 Å². The molecule has 0 amide bonds. The van der Waals surface area contributed by atoms with E-state index in [9.17, 15) is 0 Å². The first-order valence-corrected chi connectivity index (χ1v) is 19.4. The first kappa shape index (κ1) is 29.4. The molecule has 5 heterocycles. The number of hydrogen-bond donors (Lipinski definition) is 0. The van der Waals surface area contributed by atoms with Gasteiger partial charge in [-0.1, -0.05) is 57.2 Å². The summed E-state index contributed by atoms with van der Waals surface area (Å²) in [6, 6.07) is 46.4. The van der Waals surface area contributed by atoms with Gasteiger partial charge in [-0.2, -0.15) is 0 Å². The van der Waals surface area contributed by atoms with Crippen LogP contribution in [0.15, 0.2) is 121 Å².